The van der Waals surface area contributed by atoms with Crippen molar-refractivity contribution in [1.82, 2.24) is 10.6 Å². The highest BCUT2D eigenvalue weighted by molar-refractivity contribution is 5.91. The van der Waals surface area contributed by atoms with Gasteiger partial charge in [-0.2, -0.15) is 0 Å². The highest BCUT2D eigenvalue weighted by atomic mass is 16.5. The van der Waals surface area contributed by atoms with Gasteiger partial charge < -0.3 is 21.1 Å². The molecule has 0 bridgehead atoms. The largest absolute Gasteiger partial charge is 0.497 e. The molecule has 3 amide bonds. The molecule has 0 aliphatic heterocycles. The van der Waals surface area contributed by atoms with Crippen molar-refractivity contribution in [2.45, 2.75) is 31.8 Å². The Bertz CT molecular complexity index is 806. The van der Waals surface area contributed by atoms with Crippen molar-refractivity contribution in [3.05, 3.63) is 65.7 Å². The third-order valence-electron chi connectivity index (χ3n) is 4.24. The van der Waals surface area contributed by atoms with Gasteiger partial charge in [-0.1, -0.05) is 42.5 Å². The third-order valence-corrected chi connectivity index (χ3v) is 4.24. The van der Waals surface area contributed by atoms with E-state index in [1.807, 2.05) is 30.3 Å². The molecule has 0 spiro atoms. The third kappa shape index (κ3) is 6.42. The summed E-state index contributed by atoms with van der Waals surface area (Å²) in [5.41, 5.74) is 7.19. The number of benzene rings is 2. The normalized spacial score (nSPS) is 12.5. The van der Waals surface area contributed by atoms with E-state index in [-0.39, 0.29) is 12.3 Å². The Hall–Kier alpha value is -3.35. The van der Waals surface area contributed by atoms with Gasteiger partial charge in [-0.05, 0) is 23.3 Å². The van der Waals surface area contributed by atoms with Crippen LogP contribution in [0.4, 0.5) is 0 Å². The quantitative estimate of drug-likeness (QED) is 0.599. The van der Waals surface area contributed by atoms with E-state index >= 15 is 0 Å². The highest BCUT2D eigenvalue weighted by Crippen LogP contribution is 2.13. The molecule has 4 N–H and O–H groups in total. The van der Waals surface area contributed by atoms with Gasteiger partial charge in [0.05, 0.1) is 7.11 Å². The average Bonchev–Trinajstić information content (AvgIpc) is 2.67. The number of carbonyl (C=O) groups is 3. The van der Waals surface area contributed by atoms with E-state index in [0.29, 0.717) is 12.2 Å². The molecule has 0 aromatic heterocycles. The van der Waals surface area contributed by atoms with Gasteiger partial charge in [0.15, 0.2) is 0 Å². The van der Waals surface area contributed by atoms with Gasteiger partial charge in [0.25, 0.3) is 0 Å². The van der Waals surface area contributed by atoms with E-state index in [2.05, 4.69) is 10.6 Å². The van der Waals surface area contributed by atoms with Crippen LogP contribution in [-0.4, -0.2) is 36.9 Å². The van der Waals surface area contributed by atoms with Crippen LogP contribution in [0.25, 0.3) is 0 Å². The first-order valence-corrected chi connectivity index (χ1v) is 8.92. The van der Waals surface area contributed by atoms with Gasteiger partial charge >= 0.3 is 0 Å². The minimum atomic E-state index is -0.895. The Morgan fingerprint density at radius 2 is 1.46 bits per heavy atom. The maximum Gasteiger partial charge on any atom is 0.243 e. The number of ether oxygens (including phenoxy) is 1. The van der Waals surface area contributed by atoms with Crippen LogP contribution in [0, 0.1) is 0 Å². The van der Waals surface area contributed by atoms with E-state index in [0.717, 1.165) is 11.1 Å². The predicted molar refractivity (Wildman–Crippen MR) is 106 cm³/mol. The molecule has 0 saturated carbocycles. The summed E-state index contributed by atoms with van der Waals surface area (Å²) >= 11 is 0. The van der Waals surface area contributed by atoms with Crippen LogP contribution in [0.15, 0.2) is 54.6 Å². The summed E-state index contributed by atoms with van der Waals surface area (Å²) in [6.45, 7) is 1.34. The molecule has 2 aromatic rings. The Labute approximate surface area is 164 Å². The number of primary amides is 1. The van der Waals surface area contributed by atoms with Crippen molar-refractivity contribution in [2.24, 2.45) is 5.73 Å². The Balaban J connectivity index is 2.09. The molecule has 0 aliphatic carbocycles. The van der Waals surface area contributed by atoms with Gasteiger partial charge in [-0.15, -0.1) is 0 Å². The lowest BCUT2D eigenvalue weighted by Gasteiger charge is -2.22. The monoisotopic (exact) mass is 383 g/mol. The summed E-state index contributed by atoms with van der Waals surface area (Å²) < 4.78 is 5.11. The van der Waals surface area contributed by atoms with Crippen molar-refractivity contribution in [3.63, 3.8) is 0 Å². The van der Waals surface area contributed by atoms with Gasteiger partial charge in [-0.3, -0.25) is 14.4 Å². The van der Waals surface area contributed by atoms with Crippen LogP contribution in [0.5, 0.6) is 5.75 Å². The van der Waals surface area contributed by atoms with E-state index in [1.165, 1.54) is 6.92 Å². The molecule has 2 aromatic carbocycles. The zero-order chi connectivity index (χ0) is 20.5. The molecule has 7 nitrogen and oxygen atoms in total. The first-order chi connectivity index (χ1) is 13.4. The Kier molecular flexibility index (Phi) is 7.56. The second-order valence-electron chi connectivity index (χ2n) is 6.46. The SMILES string of the molecule is COc1ccc(C[C@H](NC(=O)[C@@H](Cc2ccccc2)NC(C)=O)C(N)=O)cc1. The predicted octanol–water partition coefficient (Wildman–Crippen LogP) is 0.955. The summed E-state index contributed by atoms with van der Waals surface area (Å²) in [7, 11) is 1.57. The number of nitrogens with one attached hydrogen (secondary N) is 2. The van der Waals surface area contributed by atoms with Crippen molar-refractivity contribution in [1.29, 1.82) is 0 Å². The first kappa shape index (κ1) is 21.0. The molecule has 0 radical (unpaired) electrons. The molecule has 2 rings (SSSR count). The van der Waals surface area contributed by atoms with Crippen molar-refractivity contribution in [3.8, 4) is 5.75 Å². The fraction of sp³-hybridized carbons (Fsp3) is 0.286. The van der Waals surface area contributed by atoms with Crippen molar-refractivity contribution < 1.29 is 19.1 Å². The molecular formula is C21H25N3O4. The topological polar surface area (TPSA) is 111 Å². The lowest BCUT2D eigenvalue weighted by molar-refractivity contribution is -0.130. The fourth-order valence-electron chi connectivity index (χ4n) is 2.80. The summed E-state index contributed by atoms with van der Waals surface area (Å²) in [4.78, 5) is 36.1. The maximum atomic E-state index is 12.7. The van der Waals surface area contributed by atoms with Crippen molar-refractivity contribution >= 4 is 17.7 Å². The van der Waals surface area contributed by atoms with Gasteiger partial charge in [-0.25, -0.2) is 0 Å². The average molecular weight is 383 g/mol. The van der Waals surface area contributed by atoms with E-state index < -0.39 is 23.9 Å². The summed E-state index contributed by atoms with van der Waals surface area (Å²) in [5.74, 6) is -0.749. The van der Waals surface area contributed by atoms with Crippen LogP contribution < -0.4 is 21.1 Å². The smallest absolute Gasteiger partial charge is 0.243 e. The standard InChI is InChI=1S/C21H25N3O4/c1-14(25)23-19(13-15-6-4-3-5-7-15)21(27)24-18(20(22)26)12-16-8-10-17(28-2)11-9-16/h3-11,18-19H,12-13H2,1-2H3,(H2,22,26)(H,23,25)(H,24,27)/t18-,19+/m0/s1. The van der Waals surface area contributed by atoms with Gasteiger partial charge in [0.1, 0.15) is 17.8 Å². The minimum absolute atomic E-state index is 0.239. The summed E-state index contributed by atoms with van der Waals surface area (Å²) in [5, 5.41) is 5.29. The summed E-state index contributed by atoms with van der Waals surface area (Å²) in [6, 6.07) is 14.7. The number of hydrogen-bond donors (Lipinski definition) is 3. The molecule has 0 unspecified atom stereocenters. The molecule has 0 saturated heterocycles. The first-order valence-electron chi connectivity index (χ1n) is 8.92. The molecule has 28 heavy (non-hydrogen) atoms. The number of rotatable bonds is 9. The van der Waals surface area contributed by atoms with Gasteiger partial charge in [0, 0.05) is 19.8 Å². The lowest BCUT2D eigenvalue weighted by atomic mass is 10.0. The second kappa shape index (κ2) is 10.1. The van der Waals surface area contributed by atoms with E-state index in [9.17, 15) is 14.4 Å². The Morgan fingerprint density at radius 1 is 0.893 bits per heavy atom. The molecule has 0 heterocycles. The molecular weight excluding hydrogens is 358 g/mol. The second-order valence-corrected chi connectivity index (χ2v) is 6.46. The number of nitrogens with two attached hydrogens (primary N) is 1. The van der Waals surface area contributed by atoms with Crippen LogP contribution in [0.2, 0.25) is 0 Å². The number of amides is 3. The Morgan fingerprint density at radius 3 is 2.00 bits per heavy atom. The number of hydrogen-bond acceptors (Lipinski definition) is 4. The minimum Gasteiger partial charge on any atom is -0.497 e. The van der Waals surface area contributed by atoms with Crippen LogP contribution in [-0.2, 0) is 27.2 Å². The van der Waals surface area contributed by atoms with Crippen LogP contribution in [0.3, 0.4) is 0 Å². The molecule has 148 valence electrons. The van der Waals surface area contributed by atoms with Crippen LogP contribution >= 0.6 is 0 Å². The fourth-order valence-corrected chi connectivity index (χ4v) is 2.80. The molecule has 0 aliphatic rings. The molecule has 2 atom stereocenters. The van der Waals surface area contributed by atoms with E-state index in [4.69, 9.17) is 10.5 Å². The lowest BCUT2D eigenvalue weighted by Crippen LogP contribution is -2.54. The molecule has 0 fully saturated rings. The zero-order valence-corrected chi connectivity index (χ0v) is 16.0. The summed E-state index contributed by atoms with van der Waals surface area (Å²) in [6.07, 6.45) is 0.545. The van der Waals surface area contributed by atoms with Crippen molar-refractivity contribution in [2.75, 3.05) is 7.11 Å². The number of carbonyl (C=O) groups excluding carboxylic acids is 3. The van der Waals surface area contributed by atoms with Crippen LogP contribution in [0.1, 0.15) is 18.1 Å². The highest BCUT2D eigenvalue weighted by Gasteiger charge is 2.25. The number of methoxy groups -OCH3 is 1. The molecule has 7 heteroatoms. The van der Waals surface area contributed by atoms with E-state index in [1.54, 1.807) is 31.4 Å². The zero-order valence-electron chi connectivity index (χ0n) is 16.0. The van der Waals surface area contributed by atoms with Gasteiger partial charge in [0.2, 0.25) is 17.7 Å². The maximum absolute atomic E-state index is 12.7.